The highest BCUT2D eigenvalue weighted by Gasteiger charge is 2.39. The second-order valence-corrected chi connectivity index (χ2v) is 4.87. The zero-order chi connectivity index (χ0) is 13.8. The summed E-state index contributed by atoms with van der Waals surface area (Å²) in [7, 11) is 0. The maximum Gasteiger partial charge on any atom is 0.402 e. The number of thioether (sulfide) groups is 1. The molecule has 0 saturated heterocycles. The largest absolute Gasteiger partial charge is 0.402 e. The highest BCUT2D eigenvalue weighted by Crippen LogP contribution is 2.32. The summed E-state index contributed by atoms with van der Waals surface area (Å²) in [6.45, 7) is 1.34. The molecule has 3 N–H and O–H groups in total. The molecule has 102 valence electrons. The number of nitrogens with one attached hydrogen (secondary N) is 1. The van der Waals surface area contributed by atoms with E-state index in [9.17, 15) is 18.0 Å². The number of halogens is 3. The molecule has 0 aromatic carbocycles. The molecule has 18 heavy (non-hydrogen) atoms. The van der Waals surface area contributed by atoms with Crippen molar-refractivity contribution in [1.29, 1.82) is 0 Å². The van der Waals surface area contributed by atoms with Gasteiger partial charge in [0, 0.05) is 18.3 Å². The van der Waals surface area contributed by atoms with Crippen LogP contribution < -0.4 is 11.3 Å². The molecule has 4 nitrogen and oxygen atoms in total. The van der Waals surface area contributed by atoms with Crippen LogP contribution in [0.3, 0.4) is 0 Å². The van der Waals surface area contributed by atoms with Crippen molar-refractivity contribution in [1.82, 2.24) is 9.97 Å². The Morgan fingerprint density at radius 2 is 2.22 bits per heavy atom. The second-order valence-electron chi connectivity index (χ2n) is 3.68. The molecule has 0 spiro atoms. The number of hydrogen-bond acceptors (Lipinski definition) is 4. The number of aromatic nitrogens is 2. The molecule has 1 rings (SSSR count). The van der Waals surface area contributed by atoms with Gasteiger partial charge in [0.15, 0.2) is 5.16 Å². The first-order valence-electron chi connectivity index (χ1n) is 5.40. The van der Waals surface area contributed by atoms with Crippen molar-refractivity contribution >= 4 is 11.8 Å². The highest BCUT2D eigenvalue weighted by molar-refractivity contribution is 7.99. The van der Waals surface area contributed by atoms with Crippen LogP contribution in [0.15, 0.2) is 16.0 Å². The fourth-order valence-corrected chi connectivity index (χ4v) is 2.14. The van der Waals surface area contributed by atoms with Crippen LogP contribution in [0.4, 0.5) is 13.2 Å². The number of H-pyrrole nitrogens is 1. The number of rotatable bonds is 5. The molecule has 0 saturated carbocycles. The zero-order valence-electron chi connectivity index (χ0n) is 9.75. The number of nitrogens with two attached hydrogens (primary N) is 1. The molecule has 1 unspecified atom stereocenters. The Morgan fingerprint density at radius 3 is 2.72 bits per heavy atom. The van der Waals surface area contributed by atoms with Gasteiger partial charge in [-0.2, -0.15) is 13.2 Å². The fourth-order valence-electron chi connectivity index (χ4n) is 1.31. The minimum absolute atomic E-state index is 0.0428. The molecule has 0 fully saturated rings. The van der Waals surface area contributed by atoms with E-state index in [1.807, 2.05) is 6.92 Å². The van der Waals surface area contributed by atoms with E-state index in [4.69, 9.17) is 5.73 Å². The summed E-state index contributed by atoms with van der Waals surface area (Å²) in [5, 5.41) is -1.81. The van der Waals surface area contributed by atoms with Crippen LogP contribution in [0.1, 0.15) is 19.0 Å². The van der Waals surface area contributed by atoms with Gasteiger partial charge in [-0.3, -0.25) is 4.79 Å². The maximum absolute atomic E-state index is 12.5. The normalized spacial score (nSPS) is 13.6. The van der Waals surface area contributed by atoms with E-state index in [0.717, 1.165) is 6.42 Å². The predicted octanol–water partition coefficient (Wildman–Crippen LogP) is 1.70. The van der Waals surface area contributed by atoms with Gasteiger partial charge in [0.25, 0.3) is 5.56 Å². The van der Waals surface area contributed by atoms with Crippen molar-refractivity contribution in [2.24, 2.45) is 5.73 Å². The maximum atomic E-state index is 12.5. The van der Waals surface area contributed by atoms with Crippen LogP contribution in [-0.2, 0) is 6.42 Å². The third kappa shape index (κ3) is 4.34. The lowest BCUT2D eigenvalue weighted by atomic mass is 10.2. The van der Waals surface area contributed by atoms with E-state index < -0.39 is 23.5 Å². The van der Waals surface area contributed by atoms with Gasteiger partial charge < -0.3 is 10.7 Å². The fraction of sp³-hybridized carbons (Fsp3) is 0.600. The van der Waals surface area contributed by atoms with E-state index in [-0.39, 0.29) is 5.16 Å². The third-order valence-corrected chi connectivity index (χ3v) is 3.27. The van der Waals surface area contributed by atoms with Crippen molar-refractivity contribution in [3.63, 3.8) is 0 Å². The molecule has 0 radical (unpaired) electrons. The standard InChI is InChI=1S/C10H14F3N3OS/c1-2-3-6-4-8(17)16-9(15-6)18-7(5-14)10(11,12)13/h4,7H,2-3,5,14H2,1H3,(H,15,16,17). The van der Waals surface area contributed by atoms with E-state index >= 15 is 0 Å². The van der Waals surface area contributed by atoms with Crippen LogP contribution in [-0.4, -0.2) is 27.9 Å². The zero-order valence-corrected chi connectivity index (χ0v) is 10.6. The van der Waals surface area contributed by atoms with Gasteiger partial charge in [-0.05, 0) is 6.42 Å². The summed E-state index contributed by atoms with van der Waals surface area (Å²) in [5.74, 6) is 0. The first kappa shape index (κ1) is 15.0. The van der Waals surface area contributed by atoms with Gasteiger partial charge in [0.1, 0.15) is 5.25 Å². The Morgan fingerprint density at radius 1 is 1.56 bits per heavy atom. The topological polar surface area (TPSA) is 71.8 Å². The van der Waals surface area contributed by atoms with E-state index in [1.165, 1.54) is 6.07 Å². The van der Waals surface area contributed by atoms with E-state index in [0.29, 0.717) is 23.9 Å². The Bertz CT molecular complexity index is 447. The van der Waals surface area contributed by atoms with Crippen molar-refractivity contribution in [3.8, 4) is 0 Å². The first-order valence-corrected chi connectivity index (χ1v) is 6.28. The summed E-state index contributed by atoms with van der Waals surface area (Å²) in [6.07, 6.45) is -3.10. The Labute approximate surface area is 106 Å². The number of aromatic amines is 1. The molecule has 1 aromatic heterocycles. The average Bonchev–Trinajstić information content (AvgIpc) is 2.24. The van der Waals surface area contributed by atoms with Crippen LogP contribution in [0.5, 0.6) is 0 Å². The number of nitrogens with zero attached hydrogens (tertiary/aromatic N) is 1. The smallest absolute Gasteiger partial charge is 0.329 e. The summed E-state index contributed by atoms with van der Waals surface area (Å²) >= 11 is 0.433. The minimum atomic E-state index is -4.42. The lowest BCUT2D eigenvalue weighted by molar-refractivity contribution is -0.126. The molecule has 0 bridgehead atoms. The van der Waals surface area contributed by atoms with Crippen LogP contribution in [0.25, 0.3) is 0 Å². The van der Waals surface area contributed by atoms with Gasteiger partial charge in [-0.1, -0.05) is 25.1 Å². The number of aryl methyl sites for hydroxylation is 1. The van der Waals surface area contributed by atoms with Crippen molar-refractivity contribution < 1.29 is 13.2 Å². The molecule has 0 aliphatic carbocycles. The SMILES string of the molecule is CCCc1cc(=O)[nH]c(SC(CN)C(F)(F)F)n1. The van der Waals surface area contributed by atoms with Crippen molar-refractivity contribution in [2.75, 3.05) is 6.54 Å². The number of alkyl halides is 3. The Kier molecular flexibility index (Phi) is 5.21. The van der Waals surface area contributed by atoms with Crippen molar-refractivity contribution in [3.05, 3.63) is 22.1 Å². The molecular formula is C10H14F3N3OS. The van der Waals surface area contributed by atoms with Gasteiger partial charge in [0.05, 0.1) is 0 Å². The van der Waals surface area contributed by atoms with Crippen LogP contribution in [0, 0.1) is 0 Å². The highest BCUT2D eigenvalue weighted by atomic mass is 32.2. The molecular weight excluding hydrogens is 267 g/mol. The average molecular weight is 281 g/mol. The van der Waals surface area contributed by atoms with Crippen molar-refractivity contribution in [2.45, 2.75) is 36.3 Å². The molecule has 0 amide bonds. The summed E-state index contributed by atoms with van der Waals surface area (Å²) in [5.41, 5.74) is 5.12. The molecule has 1 aromatic rings. The lowest BCUT2D eigenvalue weighted by Gasteiger charge is -2.17. The van der Waals surface area contributed by atoms with Gasteiger partial charge in [-0.15, -0.1) is 0 Å². The van der Waals surface area contributed by atoms with Crippen LogP contribution in [0.2, 0.25) is 0 Å². The van der Waals surface area contributed by atoms with E-state index in [2.05, 4.69) is 9.97 Å². The lowest BCUT2D eigenvalue weighted by Crippen LogP contribution is -2.33. The first-order chi connectivity index (χ1) is 8.36. The molecule has 0 aliphatic rings. The molecule has 1 atom stereocenters. The molecule has 8 heteroatoms. The van der Waals surface area contributed by atoms with Crippen LogP contribution >= 0.6 is 11.8 Å². The molecule has 1 heterocycles. The Hall–Kier alpha value is -1.02. The van der Waals surface area contributed by atoms with Gasteiger partial charge in [-0.25, -0.2) is 4.98 Å². The summed E-state index contributed by atoms with van der Waals surface area (Å²) < 4.78 is 37.6. The third-order valence-electron chi connectivity index (χ3n) is 2.11. The Balaban J connectivity index is 2.92. The van der Waals surface area contributed by atoms with Gasteiger partial charge >= 0.3 is 6.18 Å². The molecule has 0 aliphatic heterocycles. The monoisotopic (exact) mass is 281 g/mol. The number of hydrogen-bond donors (Lipinski definition) is 2. The second kappa shape index (κ2) is 6.24. The summed E-state index contributed by atoms with van der Waals surface area (Å²) in [6, 6.07) is 1.29. The minimum Gasteiger partial charge on any atom is -0.329 e. The van der Waals surface area contributed by atoms with Gasteiger partial charge in [0.2, 0.25) is 0 Å². The quantitative estimate of drug-likeness (QED) is 0.636. The van der Waals surface area contributed by atoms with E-state index in [1.54, 1.807) is 0 Å². The summed E-state index contributed by atoms with van der Waals surface area (Å²) in [4.78, 5) is 17.5. The predicted molar refractivity (Wildman–Crippen MR) is 63.6 cm³/mol.